The number of ketones is 1. The number of hydrogen-bond acceptors (Lipinski definition) is 6. The van der Waals surface area contributed by atoms with Crippen LogP contribution in [0.3, 0.4) is 0 Å². The number of Topliss-reactive ketones (excluding diaryl/α,β-unsaturated/α-hetero) is 1. The zero-order valence-electron chi connectivity index (χ0n) is 25.3. The molecule has 0 aliphatic carbocycles. The van der Waals surface area contributed by atoms with E-state index in [1.807, 2.05) is 10.8 Å². The molecule has 3 aromatic rings. The topological polar surface area (TPSA) is 86.4 Å². The van der Waals surface area contributed by atoms with Gasteiger partial charge in [-0.3, -0.25) is 4.79 Å². The van der Waals surface area contributed by atoms with Crippen LogP contribution < -0.4 is 4.74 Å². The summed E-state index contributed by atoms with van der Waals surface area (Å²) in [7, 11) is -1.25. The molecule has 0 saturated carbocycles. The van der Waals surface area contributed by atoms with E-state index in [0.717, 1.165) is 23.7 Å². The third-order valence-electron chi connectivity index (χ3n) is 8.11. The largest absolute Gasteiger partial charge is 0.450 e. The molecule has 10 heteroatoms. The predicted octanol–water partition coefficient (Wildman–Crippen LogP) is 7.44. The summed E-state index contributed by atoms with van der Waals surface area (Å²) < 4.78 is 49.4. The number of carbonyl (C=O) groups excluding carboxylic acids is 1. The molecule has 1 aliphatic rings. The molecule has 0 atom stereocenters. The van der Waals surface area contributed by atoms with Gasteiger partial charge < -0.3 is 18.8 Å². The zero-order valence-corrected chi connectivity index (χ0v) is 26.3. The number of carbonyl (C=O) groups is 1. The Hall–Kier alpha value is -3.13. The van der Waals surface area contributed by atoms with Gasteiger partial charge >= 0.3 is 0 Å². The van der Waals surface area contributed by atoms with Crippen LogP contribution in [0.1, 0.15) is 44.2 Å². The smallest absolute Gasteiger partial charge is 0.198 e. The van der Waals surface area contributed by atoms with Gasteiger partial charge in [0.15, 0.2) is 17.4 Å². The second-order valence-electron chi connectivity index (χ2n) is 12.9. The quantitative estimate of drug-likeness (QED) is 0.134. The average molecular weight is 598 g/mol. The maximum absolute atomic E-state index is 15.2. The molecule has 0 bridgehead atoms. The minimum absolute atomic E-state index is 0.00484. The summed E-state index contributed by atoms with van der Waals surface area (Å²) in [5.41, 5.74) is 1.60. The number of ether oxygens (including phenoxy) is 3. The van der Waals surface area contributed by atoms with Gasteiger partial charge in [0.25, 0.3) is 0 Å². The maximum Gasteiger partial charge on any atom is 0.198 e. The van der Waals surface area contributed by atoms with Gasteiger partial charge in [-0.1, -0.05) is 33.5 Å². The number of pyridine rings is 1. The number of benzene rings is 1. The highest BCUT2D eigenvalue weighted by Gasteiger charge is 2.41. The number of aromatic nitrogens is 2. The zero-order chi connectivity index (χ0) is 30.5. The van der Waals surface area contributed by atoms with Crippen LogP contribution in [0.4, 0.5) is 8.78 Å². The number of aryl methyl sites for hydroxylation is 1. The molecular formula is C32H41F2N3O4Si. The van der Waals surface area contributed by atoms with Crippen molar-refractivity contribution in [2.75, 3.05) is 19.8 Å². The van der Waals surface area contributed by atoms with Crippen LogP contribution in [0, 0.1) is 34.3 Å². The van der Waals surface area contributed by atoms with Crippen molar-refractivity contribution >= 4 is 24.9 Å². The van der Waals surface area contributed by atoms with E-state index in [0.29, 0.717) is 56.0 Å². The molecule has 42 heavy (non-hydrogen) atoms. The molecule has 1 fully saturated rings. The minimum Gasteiger partial charge on any atom is -0.450 e. The van der Waals surface area contributed by atoms with Gasteiger partial charge in [0, 0.05) is 51.8 Å². The molecule has 1 saturated heterocycles. The maximum atomic E-state index is 15.2. The van der Waals surface area contributed by atoms with Crippen LogP contribution in [-0.4, -0.2) is 43.2 Å². The average Bonchev–Trinajstić information content (AvgIpc) is 3.24. The van der Waals surface area contributed by atoms with Crippen molar-refractivity contribution in [3.63, 3.8) is 0 Å². The molecule has 4 rings (SSSR count). The first kappa shape index (κ1) is 31.8. The highest BCUT2D eigenvalue weighted by molar-refractivity contribution is 6.76. The standard InChI is InChI=1S/C32H41F2N3O4Si/c1-22(2)32(19-40-20-32)10-8-25(38)15-23-16-26(33)30(27(34)17-23)41-28-9-12-36-31-29(28)24(7-6-11-35)18-37(31)21-39-13-14-42(3,4)5/h9,12,16-18,22H,6-8,10,13-15,19-21H2,1-5H3. The fourth-order valence-electron chi connectivity index (χ4n) is 5.13. The fourth-order valence-corrected chi connectivity index (χ4v) is 5.89. The summed E-state index contributed by atoms with van der Waals surface area (Å²) in [5, 5.41) is 9.76. The molecule has 2 aromatic heterocycles. The molecule has 3 heterocycles. The highest BCUT2D eigenvalue weighted by atomic mass is 28.3. The van der Waals surface area contributed by atoms with Crippen molar-refractivity contribution in [3.8, 4) is 17.6 Å². The van der Waals surface area contributed by atoms with Gasteiger partial charge in [-0.05, 0) is 54.1 Å². The van der Waals surface area contributed by atoms with Crippen molar-refractivity contribution in [1.29, 1.82) is 5.26 Å². The Morgan fingerprint density at radius 1 is 1.24 bits per heavy atom. The van der Waals surface area contributed by atoms with Gasteiger partial charge in [0.1, 0.15) is 23.9 Å². The predicted molar refractivity (Wildman–Crippen MR) is 160 cm³/mol. The van der Waals surface area contributed by atoms with E-state index in [9.17, 15) is 10.1 Å². The van der Waals surface area contributed by atoms with E-state index in [1.165, 1.54) is 6.20 Å². The van der Waals surface area contributed by atoms with Crippen molar-refractivity contribution < 1.29 is 27.8 Å². The van der Waals surface area contributed by atoms with E-state index in [-0.39, 0.29) is 42.1 Å². The Kier molecular flexibility index (Phi) is 10.2. The van der Waals surface area contributed by atoms with Gasteiger partial charge in [0.05, 0.1) is 24.7 Å². The van der Waals surface area contributed by atoms with Crippen LogP contribution >= 0.6 is 0 Å². The van der Waals surface area contributed by atoms with Crippen LogP contribution in [0.5, 0.6) is 11.5 Å². The van der Waals surface area contributed by atoms with Crippen LogP contribution in [-0.2, 0) is 33.8 Å². The van der Waals surface area contributed by atoms with Gasteiger partial charge in [-0.2, -0.15) is 5.26 Å². The number of fused-ring (bicyclic) bond motifs is 1. The molecule has 7 nitrogen and oxygen atoms in total. The van der Waals surface area contributed by atoms with Crippen LogP contribution in [0.15, 0.2) is 30.6 Å². The van der Waals surface area contributed by atoms with Gasteiger partial charge in [0.2, 0.25) is 0 Å². The lowest BCUT2D eigenvalue weighted by atomic mass is 9.71. The Morgan fingerprint density at radius 2 is 1.95 bits per heavy atom. The molecular weight excluding hydrogens is 556 g/mol. The number of hydrogen-bond donors (Lipinski definition) is 0. The normalized spacial score (nSPS) is 14.6. The van der Waals surface area contributed by atoms with Crippen LogP contribution in [0.2, 0.25) is 25.7 Å². The fraction of sp³-hybridized carbons (Fsp3) is 0.531. The second kappa shape index (κ2) is 13.4. The molecule has 1 aliphatic heterocycles. The number of nitrogens with zero attached hydrogens (tertiary/aromatic N) is 3. The number of halogens is 2. The van der Waals surface area contributed by atoms with Crippen molar-refractivity contribution in [2.45, 2.75) is 78.4 Å². The molecule has 0 spiro atoms. The molecule has 226 valence electrons. The Bertz CT molecular complexity index is 1430. The van der Waals surface area contributed by atoms with Crippen LogP contribution in [0.25, 0.3) is 11.0 Å². The third kappa shape index (κ3) is 7.62. The first-order valence-corrected chi connectivity index (χ1v) is 18.3. The summed E-state index contributed by atoms with van der Waals surface area (Å²) in [4.78, 5) is 17.2. The molecule has 0 N–H and O–H groups in total. The summed E-state index contributed by atoms with van der Waals surface area (Å²) in [6.07, 6.45) is 5.05. The van der Waals surface area contributed by atoms with E-state index in [1.54, 1.807) is 6.07 Å². The number of nitriles is 1. The number of rotatable bonds is 15. The second-order valence-corrected chi connectivity index (χ2v) is 18.5. The highest BCUT2D eigenvalue weighted by Crippen LogP contribution is 2.40. The van der Waals surface area contributed by atoms with Crippen molar-refractivity contribution in [2.24, 2.45) is 11.3 Å². The summed E-state index contributed by atoms with van der Waals surface area (Å²) in [5.74, 6) is -1.76. The molecule has 1 aromatic carbocycles. The van der Waals surface area contributed by atoms with E-state index >= 15 is 8.78 Å². The summed E-state index contributed by atoms with van der Waals surface area (Å²) in [6, 6.07) is 7.04. The lowest BCUT2D eigenvalue weighted by molar-refractivity contribution is -0.147. The Balaban J connectivity index is 1.51. The molecule has 0 radical (unpaired) electrons. The Morgan fingerprint density at radius 3 is 2.55 bits per heavy atom. The van der Waals surface area contributed by atoms with Crippen molar-refractivity contribution in [1.82, 2.24) is 9.55 Å². The summed E-state index contributed by atoms with van der Waals surface area (Å²) in [6.45, 7) is 13.3. The lowest BCUT2D eigenvalue weighted by Gasteiger charge is -2.45. The lowest BCUT2D eigenvalue weighted by Crippen LogP contribution is -2.46. The Labute approximate surface area is 247 Å². The van der Waals surface area contributed by atoms with E-state index in [2.05, 4.69) is 44.5 Å². The van der Waals surface area contributed by atoms with Crippen molar-refractivity contribution in [3.05, 3.63) is 53.4 Å². The van der Waals surface area contributed by atoms with E-state index in [4.69, 9.17) is 14.2 Å². The minimum atomic E-state index is -1.25. The van der Waals surface area contributed by atoms with E-state index < -0.39 is 25.5 Å². The monoisotopic (exact) mass is 597 g/mol. The third-order valence-corrected chi connectivity index (χ3v) is 9.81. The molecule has 0 amide bonds. The van der Waals surface area contributed by atoms with Gasteiger partial charge in [-0.15, -0.1) is 0 Å². The SMILES string of the molecule is CC(C)C1(CCC(=O)Cc2cc(F)c(Oc3ccnc4c3c(CCC#N)cn4COCC[Si](C)(C)C)c(F)c2)COC1. The van der Waals surface area contributed by atoms with Gasteiger partial charge in [-0.25, -0.2) is 13.8 Å². The summed E-state index contributed by atoms with van der Waals surface area (Å²) >= 11 is 0. The first-order chi connectivity index (χ1) is 19.9. The molecule has 0 unspecified atom stereocenters. The first-order valence-electron chi connectivity index (χ1n) is 14.6.